The second-order valence-electron chi connectivity index (χ2n) is 6.70. The highest BCUT2D eigenvalue weighted by molar-refractivity contribution is 5.87. The van der Waals surface area contributed by atoms with Gasteiger partial charge in [-0.25, -0.2) is 0 Å². The minimum Gasteiger partial charge on any atom is -0.320 e. The van der Waals surface area contributed by atoms with Gasteiger partial charge in [-0.2, -0.15) is 0 Å². The van der Waals surface area contributed by atoms with Crippen molar-refractivity contribution in [2.24, 2.45) is 5.92 Å². The largest absolute Gasteiger partial charge is 0.320 e. The van der Waals surface area contributed by atoms with Crippen LogP contribution in [0.25, 0.3) is 17.1 Å². The Morgan fingerprint density at radius 2 is 2.09 bits per heavy atom. The summed E-state index contributed by atoms with van der Waals surface area (Å²) in [4.78, 5) is 2.42. The highest BCUT2D eigenvalue weighted by Crippen LogP contribution is 2.31. The van der Waals surface area contributed by atoms with E-state index in [1.807, 2.05) is 0 Å². The molecule has 1 aliphatic heterocycles. The molecule has 1 unspecified atom stereocenters. The quantitative estimate of drug-likeness (QED) is 0.786. The normalized spacial score (nSPS) is 21.9. The Morgan fingerprint density at radius 1 is 1.17 bits per heavy atom. The van der Waals surface area contributed by atoms with E-state index in [0.29, 0.717) is 5.92 Å². The first kappa shape index (κ1) is 14.5. The third-order valence-corrected chi connectivity index (χ3v) is 5.04. The molecule has 118 valence electrons. The summed E-state index contributed by atoms with van der Waals surface area (Å²) >= 11 is 0. The molecule has 2 heteroatoms. The lowest BCUT2D eigenvalue weighted by Crippen LogP contribution is -2.26. The predicted molar refractivity (Wildman–Crippen MR) is 98.3 cm³/mol. The van der Waals surface area contributed by atoms with Crippen LogP contribution in [0.2, 0.25) is 0 Å². The van der Waals surface area contributed by atoms with Gasteiger partial charge in [0, 0.05) is 36.8 Å². The van der Waals surface area contributed by atoms with Gasteiger partial charge < -0.3 is 9.47 Å². The molecule has 2 nitrogen and oxygen atoms in total. The molecule has 1 aliphatic carbocycles. The van der Waals surface area contributed by atoms with Crippen molar-refractivity contribution in [3.8, 4) is 0 Å². The van der Waals surface area contributed by atoms with Crippen LogP contribution in [0.1, 0.15) is 24.1 Å². The maximum absolute atomic E-state index is 2.43. The summed E-state index contributed by atoms with van der Waals surface area (Å²) in [6, 6.07) is 8.83. The molecule has 4 rings (SSSR count). The summed E-state index contributed by atoms with van der Waals surface area (Å²) in [5, 5.41) is 1.41. The maximum Gasteiger partial charge on any atom is 0.0528 e. The minimum absolute atomic E-state index is 0.535. The van der Waals surface area contributed by atoms with Crippen LogP contribution in [0.4, 0.5) is 0 Å². The molecule has 0 N–H and O–H groups in total. The maximum atomic E-state index is 2.43. The molecule has 1 aromatic heterocycles. The number of benzene rings is 1. The van der Waals surface area contributed by atoms with E-state index in [0.717, 1.165) is 25.9 Å². The Labute approximate surface area is 138 Å². The number of rotatable bonds is 2. The van der Waals surface area contributed by atoms with Crippen molar-refractivity contribution < 1.29 is 0 Å². The van der Waals surface area contributed by atoms with Gasteiger partial charge in [-0.3, -0.25) is 0 Å². The van der Waals surface area contributed by atoms with Gasteiger partial charge in [0.2, 0.25) is 0 Å². The number of hydrogen-bond acceptors (Lipinski definition) is 1. The third kappa shape index (κ3) is 2.79. The standard InChI is InChI=1S/C21H24N2/c1-22-14-13-21-19(16-22)18-10-6-7-11-20(18)23(21)15-12-17-8-4-2-3-5-9-17/h2-4,6-8,10-12,15,17H,5,9,13-14,16H2,1H3/b15-12+. The van der Waals surface area contributed by atoms with E-state index in [1.54, 1.807) is 0 Å². The van der Waals surface area contributed by atoms with Crippen LogP contribution < -0.4 is 0 Å². The highest BCUT2D eigenvalue weighted by Gasteiger charge is 2.21. The van der Waals surface area contributed by atoms with Crippen molar-refractivity contribution in [3.63, 3.8) is 0 Å². The molecular weight excluding hydrogens is 280 g/mol. The van der Waals surface area contributed by atoms with Gasteiger partial charge in [0.25, 0.3) is 0 Å². The molecule has 0 spiro atoms. The van der Waals surface area contributed by atoms with E-state index in [4.69, 9.17) is 0 Å². The average molecular weight is 304 g/mol. The second kappa shape index (κ2) is 6.21. The van der Waals surface area contributed by atoms with Crippen molar-refractivity contribution >= 4 is 17.1 Å². The van der Waals surface area contributed by atoms with Gasteiger partial charge in [0.05, 0.1) is 5.52 Å². The van der Waals surface area contributed by atoms with Crippen LogP contribution in [-0.4, -0.2) is 23.1 Å². The van der Waals surface area contributed by atoms with Crippen molar-refractivity contribution in [2.45, 2.75) is 25.8 Å². The highest BCUT2D eigenvalue weighted by atomic mass is 15.1. The summed E-state index contributed by atoms with van der Waals surface area (Å²) < 4.78 is 2.43. The van der Waals surface area contributed by atoms with Crippen molar-refractivity contribution in [2.75, 3.05) is 13.6 Å². The zero-order valence-electron chi connectivity index (χ0n) is 13.8. The zero-order valence-corrected chi connectivity index (χ0v) is 13.8. The van der Waals surface area contributed by atoms with Crippen molar-refractivity contribution in [1.82, 2.24) is 9.47 Å². The molecular formula is C21H24N2. The van der Waals surface area contributed by atoms with E-state index in [1.165, 1.54) is 28.6 Å². The topological polar surface area (TPSA) is 8.17 Å². The van der Waals surface area contributed by atoms with Crippen molar-refractivity contribution in [1.29, 1.82) is 0 Å². The SMILES string of the molecule is CN1CCc2c(c3ccccc3n2/C=C/C2C=CC=CCC2)C1. The molecule has 2 aromatic rings. The predicted octanol–water partition coefficient (Wildman–Crippen LogP) is 4.62. The Hall–Kier alpha value is -2.06. The smallest absolute Gasteiger partial charge is 0.0528 e. The van der Waals surface area contributed by atoms with Crippen LogP contribution in [-0.2, 0) is 13.0 Å². The van der Waals surface area contributed by atoms with E-state index in [-0.39, 0.29) is 0 Å². The first-order valence-electron chi connectivity index (χ1n) is 8.64. The fourth-order valence-electron chi connectivity index (χ4n) is 3.77. The Kier molecular flexibility index (Phi) is 3.92. The number of nitrogens with zero attached hydrogens (tertiary/aromatic N) is 2. The minimum atomic E-state index is 0.535. The molecule has 0 fully saturated rings. The molecule has 1 aromatic carbocycles. The molecule has 0 saturated heterocycles. The van der Waals surface area contributed by atoms with E-state index >= 15 is 0 Å². The molecule has 0 saturated carbocycles. The Bertz CT molecular complexity index is 792. The first-order valence-corrected chi connectivity index (χ1v) is 8.64. The first-order chi connectivity index (χ1) is 11.3. The molecule has 23 heavy (non-hydrogen) atoms. The number of allylic oxidation sites excluding steroid dienone is 5. The van der Waals surface area contributed by atoms with Crippen LogP contribution in [0, 0.1) is 5.92 Å². The molecule has 1 atom stereocenters. The molecule has 0 amide bonds. The average Bonchev–Trinajstić information content (AvgIpc) is 2.73. The monoisotopic (exact) mass is 304 g/mol. The second-order valence-corrected chi connectivity index (χ2v) is 6.70. The van der Waals surface area contributed by atoms with E-state index in [2.05, 4.69) is 77.4 Å². The lowest BCUT2D eigenvalue weighted by atomic mass is 10.0. The molecule has 0 radical (unpaired) electrons. The lowest BCUT2D eigenvalue weighted by molar-refractivity contribution is 0.312. The van der Waals surface area contributed by atoms with E-state index in [9.17, 15) is 0 Å². The Morgan fingerprint density at radius 3 is 3.04 bits per heavy atom. The number of likely N-dealkylation sites (N-methyl/N-ethyl adjacent to an activating group) is 1. The van der Waals surface area contributed by atoms with Crippen LogP contribution in [0.5, 0.6) is 0 Å². The van der Waals surface area contributed by atoms with Crippen LogP contribution in [0.3, 0.4) is 0 Å². The Balaban J connectivity index is 1.75. The fourth-order valence-corrected chi connectivity index (χ4v) is 3.77. The number of aromatic nitrogens is 1. The van der Waals surface area contributed by atoms with Gasteiger partial charge in [-0.05, 0) is 37.4 Å². The van der Waals surface area contributed by atoms with Crippen LogP contribution in [0.15, 0.2) is 54.6 Å². The summed E-state index contributed by atoms with van der Waals surface area (Å²) in [5.41, 5.74) is 4.35. The summed E-state index contributed by atoms with van der Waals surface area (Å²) in [6.45, 7) is 2.20. The summed E-state index contributed by atoms with van der Waals surface area (Å²) in [5.74, 6) is 0.535. The van der Waals surface area contributed by atoms with Gasteiger partial charge in [0.15, 0.2) is 0 Å². The lowest BCUT2D eigenvalue weighted by Gasteiger charge is -2.23. The molecule has 0 bridgehead atoms. The van der Waals surface area contributed by atoms with E-state index < -0.39 is 0 Å². The summed E-state index contributed by atoms with van der Waals surface area (Å²) in [6.07, 6.45) is 17.1. The zero-order chi connectivity index (χ0) is 15.6. The number of para-hydroxylation sites is 1. The molecule has 2 aliphatic rings. The van der Waals surface area contributed by atoms with Crippen LogP contribution >= 0.6 is 0 Å². The summed E-state index contributed by atoms with van der Waals surface area (Å²) in [7, 11) is 2.22. The van der Waals surface area contributed by atoms with Crippen molar-refractivity contribution in [3.05, 3.63) is 65.9 Å². The van der Waals surface area contributed by atoms with Gasteiger partial charge in [-0.15, -0.1) is 0 Å². The fraction of sp³-hybridized carbons (Fsp3) is 0.333. The number of fused-ring (bicyclic) bond motifs is 3. The van der Waals surface area contributed by atoms with Gasteiger partial charge in [-0.1, -0.05) is 48.6 Å². The molecule has 2 heterocycles. The van der Waals surface area contributed by atoms with Gasteiger partial charge >= 0.3 is 0 Å². The third-order valence-electron chi connectivity index (χ3n) is 5.04. The number of hydrogen-bond donors (Lipinski definition) is 0. The van der Waals surface area contributed by atoms with Gasteiger partial charge in [0.1, 0.15) is 0 Å².